The topological polar surface area (TPSA) is 74.9 Å². The molecule has 184 valence electrons. The van der Waals surface area contributed by atoms with E-state index in [0.717, 1.165) is 63.6 Å². The first kappa shape index (κ1) is 25.4. The molecule has 1 aliphatic rings. The molecule has 0 aliphatic carbocycles. The van der Waals surface area contributed by atoms with E-state index in [1.54, 1.807) is 0 Å². The van der Waals surface area contributed by atoms with Crippen molar-refractivity contribution in [1.82, 2.24) is 0 Å². The van der Waals surface area contributed by atoms with E-state index in [2.05, 4.69) is 57.3 Å². The molecule has 1 aliphatic heterocycles. The second-order valence-corrected chi connectivity index (χ2v) is 9.22. The number of benzene rings is 2. The molecule has 0 atom stereocenters. The van der Waals surface area contributed by atoms with Gasteiger partial charge in [0.05, 0.1) is 24.6 Å². The van der Waals surface area contributed by atoms with Crippen LogP contribution in [-0.4, -0.2) is 51.1 Å². The molecule has 0 aromatic heterocycles. The van der Waals surface area contributed by atoms with Crippen LogP contribution in [0.5, 0.6) is 0 Å². The molecule has 7 heteroatoms. The number of carbonyl (C=O) groups excluding carboxylic acids is 1. The highest BCUT2D eigenvalue weighted by molar-refractivity contribution is 5.89. The predicted molar refractivity (Wildman–Crippen MR) is 141 cm³/mol. The third-order valence-electron chi connectivity index (χ3n) is 5.24. The fraction of sp³-hybridized carbons (Fsp3) is 0.444. The normalized spacial score (nSPS) is 14.1. The molecule has 2 aromatic rings. The molecule has 1 amide bonds. The Morgan fingerprint density at radius 1 is 0.941 bits per heavy atom. The van der Waals surface area contributed by atoms with Crippen LogP contribution >= 0.6 is 0 Å². The van der Waals surface area contributed by atoms with Crippen molar-refractivity contribution in [3.05, 3.63) is 60.7 Å². The third-order valence-corrected chi connectivity index (χ3v) is 5.24. The third kappa shape index (κ3) is 8.98. The molecule has 0 saturated carbocycles. The first-order valence-electron chi connectivity index (χ1n) is 12.1. The molecule has 3 N–H and O–H groups in total. The number of hydrogen-bond donors (Lipinski definition) is 3. The van der Waals surface area contributed by atoms with Gasteiger partial charge in [-0.3, -0.25) is 5.32 Å². The first-order chi connectivity index (χ1) is 16.4. The van der Waals surface area contributed by atoms with Crippen LogP contribution < -0.4 is 20.9 Å². The summed E-state index contributed by atoms with van der Waals surface area (Å²) in [5, 5.41) is 9.67. The van der Waals surface area contributed by atoms with E-state index in [9.17, 15) is 4.79 Å². The van der Waals surface area contributed by atoms with Crippen LogP contribution in [0.1, 0.15) is 33.6 Å². The van der Waals surface area contributed by atoms with Gasteiger partial charge in [-0.2, -0.15) is 0 Å². The van der Waals surface area contributed by atoms with Gasteiger partial charge in [-0.25, -0.2) is 4.79 Å². The van der Waals surface area contributed by atoms with Crippen LogP contribution in [0.15, 0.2) is 60.7 Å². The fourth-order valence-electron chi connectivity index (χ4n) is 3.60. The summed E-state index contributed by atoms with van der Waals surface area (Å²) in [7, 11) is 0. The zero-order valence-corrected chi connectivity index (χ0v) is 20.6. The van der Waals surface area contributed by atoms with Crippen molar-refractivity contribution in [3.8, 4) is 0 Å². The summed E-state index contributed by atoms with van der Waals surface area (Å²) in [5.41, 5.74) is 3.46. The molecule has 7 nitrogen and oxygen atoms in total. The van der Waals surface area contributed by atoms with E-state index in [1.807, 2.05) is 45.0 Å². The van der Waals surface area contributed by atoms with Gasteiger partial charge in [0.1, 0.15) is 5.60 Å². The number of nitrogens with zero attached hydrogens (tertiary/aromatic N) is 1. The van der Waals surface area contributed by atoms with Gasteiger partial charge in [0.25, 0.3) is 0 Å². The molecule has 34 heavy (non-hydrogen) atoms. The van der Waals surface area contributed by atoms with Crippen LogP contribution in [0.25, 0.3) is 0 Å². The second-order valence-electron chi connectivity index (χ2n) is 9.22. The Balaban J connectivity index is 1.32. The lowest BCUT2D eigenvalue weighted by atomic mass is 10.2. The van der Waals surface area contributed by atoms with E-state index < -0.39 is 11.7 Å². The largest absolute Gasteiger partial charge is 0.444 e. The van der Waals surface area contributed by atoms with Crippen LogP contribution in [-0.2, 0) is 9.47 Å². The lowest BCUT2D eigenvalue weighted by Gasteiger charge is -2.28. The number of para-hydroxylation sites is 2. The summed E-state index contributed by atoms with van der Waals surface area (Å²) in [5.74, 6) is 0. The van der Waals surface area contributed by atoms with Gasteiger partial charge in [0, 0.05) is 37.6 Å². The number of hydrogen-bond acceptors (Lipinski definition) is 6. The van der Waals surface area contributed by atoms with E-state index in [-0.39, 0.29) is 0 Å². The number of ether oxygens (including phenoxy) is 2. The monoisotopic (exact) mass is 466 g/mol. The highest BCUT2D eigenvalue weighted by atomic mass is 16.6. The average molecular weight is 467 g/mol. The molecule has 1 fully saturated rings. The van der Waals surface area contributed by atoms with Gasteiger partial charge in [0.15, 0.2) is 0 Å². The second kappa shape index (κ2) is 12.9. The number of morpholine rings is 1. The summed E-state index contributed by atoms with van der Waals surface area (Å²) in [6.45, 7) is 10.7. The molecular formula is C27H38N4O3. The zero-order valence-electron chi connectivity index (χ0n) is 20.6. The minimum Gasteiger partial charge on any atom is -0.444 e. The first-order valence-corrected chi connectivity index (χ1v) is 12.1. The molecule has 2 aromatic carbocycles. The van der Waals surface area contributed by atoms with Crippen molar-refractivity contribution in [3.63, 3.8) is 0 Å². The molecule has 0 unspecified atom stereocenters. The van der Waals surface area contributed by atoms with Crippen LogP contribution in [0.3, 0.4) is 0 Å². The van der Waals surface area contributed by atoms with Gasteiger partial charge in [-0.1, -0.05) is 24.3 Å². The highest BCUT2D eigenvalue weighted by Gasteiger charge is 2.17. The maximum Gasteiger partial charge on any atom is 0.412 e. The Bertz CT molecular complexity index is 916. The van der Waals surface area contributed by atoms with E-state index in [4.69, 9.17) is 9.47 Å². The van der Waals surface area contributed by atoms with E-state index >= 15 is 0 Å². The van der Waals surface area contributed by atoms with Gasteiger partial charge in [0.2, 0.25) is 0 Å². The Morgan fingerprint density at radius 2 is 1.56 bits per heavy atom. The average Bonchev–Trinajstić information content (AvgIpc) is 2.81. The minimum atomic E-state index is -0.529. The van der Waals surface area contributed by atoms with Gasteiger partial charge >= 0.3 is 6.09 Å². The lowest BCUT2D eigenvalue weighted by Crippen LogP contribution is -2.36. The number of amides is 1. The molecular weight excluding hydrogens is 428 g/mol. The fourth-order valence-corrected chi connectivity index (χ4v) is 3.60. The maximum atomic E-state index is 12.1. The van der Waals surface area contributed by atoms with Crippen LogP contribution in [0, 0.1) is 0 Å². The molecule has 0 spiro atoms. The van der Waals surface area contributed by atoms with Crippen LogP contribution in [0.2, 0.25) is 0 Å². The molecule has 0 radical (unpaired) electrons. The van der Waals surface area contributed by atoms with Crippen molar-refractivity contribution >= 4 is 28.8 Å². The van der Waals surface area contributed by atoms with E-state index in [1.165, 1.54) is 5.69 Å². The number of carbonyl (C=O) groups is 1. The summed E-state index contributed by atoms with van der Waals surface area (Å²) >= 11 is 0. The van der Waals surface area contributed by atoms with Crippen molar-refractivity contribution in [2.75, 3.05) is 60.2 Å². The lowest BCUT2D eigenvalue weighted by molar-refractivity contribution is 0.0636. The van der Waals surface area contributed by atoms with Crippen molar-refractivity contribution < 1.29 is 14.3 Å². The van der Waals surface area contributed by atoms with Crippen LogP contribution in [0.4, 0.5) is 27.5 Å². The molecule has 1 saturated heterocycles. The summed E-state index contributed by atoms with van der Waals surface area (Å²) in [6, 6.07) is 16.3. The highest BCUT2D eigenvalue weighted by Crippen LogP contribution is 2.22. The smallest absolute Gasteiger partial charge is 0.412 e. The summed E-state index contributed by atoms with van der Waals surface area (Å²) in [4.78, 5) is 14.4. The van der Waals surface area contributed by atoms with Gasteiger partial charge in [-0.05, 0) is 70.0 Å². The predicted octanol–water partition coefficient (Wildman–Crippen LogP) is 5.73. The summed E-state index contributed by atoms with van der Waals surface area (Å²) in [6.07, 6.45) is 5.78. The zero-order chi connectivity index (χ0) is 24.2. The molecule has 1 heterocycles. The van der Waals surface area contributed by atoms with E-state index in [0.29, 0.717) is 5.69 Å². The van der Waals surface area contributed by atoms with Crippen molar-refractivity contribution in [2.45, 2.75) is 39.2 Å². The quantitative estimate of drug-likeness (QED) is 0.307. The standard InChI is InChI=1S/C27H38N4O3/c1-27(2,3)34-26(32)30-25-11-7-6-10-24(25)29-17-9-5-4-8-16-28-22-12-14-23(15-13-22)31-18-20-33-21-19-31/h4-7,10-15,28-29H,8-9,16-21H2,1-3H3,(H,30,32)/b5-4+. The number of anilines is 4. The Kier molecular flexibility index (Phi) is 9.64. The Morgan fingerprint density at radius 3 is 2.21 bits per heavy atom. The van der Waals surface area contributed by atoms with Crippen molar-refractivity contribution in [2.24, 2.45) is 0 Å². The Hall–Kier alpha value is -3.19. The van der Waals surface area contributed by atoms with Gasteiger partial charge in [-0.15, -0.1) is 0 Å². The van der Waals surface area contributed by atoms with Crippen molar-refractivity contribution in [1.29, 1.82) is 0 Å². The van der Waals surface area contributed by atoms with Gasteiger partial charge < -0.3 is 25.0 Å². The SMILES string of the molecule is CC(C)(C)OC(=O)Nc1ccccc1NCC/C=C/CCNc1ccc(N2CCOCC2)cc1. The number of rotatable bonds is 10. The molecule has 3 rings (SSSR count). The minimum absolute atomic E-state index is 0.454. The summed E-state index contributed by atoms with van der Waals surface area (Å²) < 4.78 is 10.8. The Labute approximate surface area is 203 Å². The maximum absolute atomic E-state index is 12.1. The number of nitrogens with one attached hydrogen (secondary N) is 3. The molecule has 0 bridgehead atoms.